The summed E-state index contributed by atoms with van der Waals surface area (Å²) in [5, 5.41) is 0. The van der Waals surface area contributed by atoms with Crippen molar-refractivity contribution in [2.45, 2.75) is 19.3 Å². The van der Waals surface area contributed by atoms with Crippen molar-refractivity contribution in [1.29, 1.82) is 0 Å². The number of rotatable bonds is 0. The molecule has 0 spiro atoms. The molecule has 0 unspecified atom stereocenters. The number of benzene rings is 3. The lowest BCUT2D eigenvalue weighted by atomic mass is 9.65. The molecule has 0 bridgehead atoms. The van der Waals surface area contributed by atoms with Crippen LogP contribution in [0, 0.1) is 0 Å². The first-order valence-corrected chi connectivity index (χ1v) is 9.35. The second-order valence-electron chi connectivity index (χ2n) is 7.75. The van der Waals surface area contributed by atoms with E-state index in [-0.39, 0.29) is 11.2 Å². The van der Waals surface area contributed by atoms with Crippen molar-refractivity contribution >= 4 is 23.0 Å². The lowest BCUT2D eigenvalue weighted by Crippen LogP contribution is -2.27. The van der Waals surface area contributed by atoms with Crippen molar-refractivity contribution in [2.75, 3.05) is 0 Å². The molecule has 1 heteroatoms. The monoisotopic (exact) mass is 348 g/mol. The maximum absolute atomic E-state index is 13.1. The van der Waals surface area contributed by atoms with Crippen LogP contribution in [0.1, 0.15) is 47.2 Å². The van der Waals surface area contributed by atoms with Gasteiger partial charge in [0.05, 0.1) is 0 Å². The van der Waals surface area contributed by atoms with Crippen molar-refractivity contribution in [3.63, 3.8) is 0 Å². The third-order valence-corrected chi connectivity index (χ3v) is 5.88. The molecule has 3 aromatic rings. The maximum Gasteiger partial charge on any atom is 0.187 e. The van der Waals surface area contributed by atoms with Crippen LogP contribution in [-0.4, -0.2) is 5.78 Å². The standard InChI is InChI=1S/C26H20O/c1-26(2)21-13-7-5-11-19(21)24(20-12-6-8-14-22(20)26)25-18-10-4-3-9-17(18)15-16-23(25)27/h3-16H,1-2H3. The Morgan fingerprint density at radius 1 is 0.593 bits per heavy atom. The number of allylic oxidation sites excluding steroid dienone is 2. The third kappa shape index (κ3) is 2.21. The van der Waals surface area contributed by atoms with Gasteiger partial charge < -0.3 is 0 Å². The maximum atomic E-state index is 13.1. The van der Waals surface area contributed by atoms with Gasteiger partial charge in [-0.3, -0.25) is 4.79 Å². The van der Waals surface area contributed by atoms with E-state index in [1.165, 1.54) is 11.1 Å². The van der Waals surface area contributed by atoms with E-state index in [0.717, 1.165) is 33.4 Å². The SMILES string of the molecule is CC1(C)c2ccccc2C(=C2C(=O)C=Cc3ccccc32)c2ccccc21. The summed E-state index contributed by atoms with van der Waals surface area (Å²) in [7, 11) is 0. The van der Waals surface area contributed by atoms with Crippen molar-refractivity contribution in [3.8, 4) is 0 Å². The summed E-state index contributed by atoms with van der Waals surface area (Å²) in [6, 6.07) is 25.2. The van der Waals surface area contributed by atoms with Crippen LogP contribution in [0.15, 0.2) is 78.9 Å². The van der Waals surface area contributed by atoms with Crippen molar-refractivity contribution in [2.24, 2.45) is 0 Å². The van der Waals surface area contributed by atoms with Crippen LogP contribution in [0.5, 0.6) is 0 Å². The van der Waals surface area contributed by atoms with E-state index >= 15 is 0 Å². The number of hydrogen-bond donors (Lipinski definition) is 0. The minimum atomic E-state index is -0.107. The Hall–Kier alpha value is -3.19. The van der Waals surface area contributed by atoms with Crippen molar-refractivity contribution in [1.82, 2.24) is 0 Å². The highest BCUT2D eigenvalue weighted by Gasteiger charge is 2.36. The van der Waals surface area contributed by atoms with Gasteiger partial charge in [0, 0.05) is 16.6 Å². The fourth-order valence-corrected chi connectivity index (χ4v) is 4.56. The average Bonchev–Trinajstić information content (AvgIpc) is 2.70. The Kier molecular flexibility index (Phi) is 3.35. The van der Waals surface area contributed by atoms with Crippen LogP contribution < -0.4 is 0 Å². The van der Waals surface area contributed by atoms with Gasteiger partial charge in [0.2, 0.25) is 0 Å². The van der Waals surface area contributed by atoms with E-state index in [4.69, 9.17) is 0 Å². The lowest BCUT2D eigenvalue weighted by molar-refractivity contribution is -0.109. The van der Waals surface area contributed by atoms with Gasteiger partial charge in [-0.1, -0.05) is 92.7 Å². The van der Waals surface area contributed by atoms with Crippen LogP contribution in [0.2, 0.25) is 0 Å². The highest BCUT2D eigenvalue weighted by molar-refractivity contribution is 6.37. The van der Waals surface area contributed by atoms with E-state index in [0.29, 0.717) is 0 Å². The van der Waals surface area contributed by atoms with E-state index in [2.05, 4.69) is 74.5 Å². The molecule has 3 aromatic carbocycles. The minimum Gasteiger partial charge on any atom is -0.289 e. The number of fused-ring (bicyclic) bond motifs is 3. The molecule has 2 aliphatic rings. The van der Waals surface area contributed by atoms with Gasteiger partial charge in [-0.25, -0.2) is 0 Å². The molecule has 2 aliphatic carbocycles. The summed E-state index contributed by atoms with van der Waals surface area (Å²) < 4.78 is 0. The van der Waals surface area contributed by atoms with Gasteiger partial charge in [-0.05, 0) is 39.5 Å². The van der Waals surface area contributed by atoms with Gasteiger partial charge in [-0.2, -0.15) is 0 Å². The molecule has 1 nitrogen and oxygen atoms in total. The number of carbonyl (C=O) groups excluding carboxylic acids is 1. The minimum absolute atomic E-state index is 0.0769. The quantitative estimate of drug-likeness (QED) is 0.464. The first-order chi connectivity index (χ1) is 13.1. The molecule has 130 valence electrons. The Balaban J connectivity index is 1.96. The molecule has 0 fully saturated rings. The fraction of sp³-hybridized carbons (Fsp3) is 0.115. The molecule has 5 rings (SSSR count). The van der Waals surface area contributed by atoms with E-state index in [1.54, 1.807) is 6.08 Å². The van der Waals surface area contributed by atoms with Gasteiger partial charge in [0.1, 0.15) is 0 Å². The summed E-state index contributed by atoms with van der Waals surface area (Å²) in [4.78, 5) is 13.1. The van der Waals surface area contributed by atoms with Gasteiger partial charge >= 0.3 is 0 Å². The van der Waals surface area contributed by atoms with Gasteiger partial charge in [-0.15, -0.1) is 0 Å². The van der Waals surface area contributed by atoms with E-state index in [9.17, 15) is 4.79 Å². The zero-order valence-corrected chi connectivity index (χ0v) is 15.5. The third-order valence-electron chi connectivity index (χ3n) is 5.88. The Labute approximate surface area is 159 Å². The molecule has 0 N–H and O–H groups in total. The Morgan fingerprint density at radius 3 is 1.74 bits per heavy atom. The molecule has 0 atom stereocenters. The van der Waals surface area contributed by atoms with Crippen LogP contribution in [0.3, 0.4) is 0 Å². The highest BCUT2D eigenvalue weighted by atomic mass is 16.1. The van der Waals surface area contributed by atoms with Gasteiger partial charge in [0.25, 0.3) is 0 Å². The Morgan fingerprint density at radius 2 is 1.11 bits per heavy atom. The fourth-order valence-electron chi connectivity index (χ4n) is 4.56. The topological polar surface area (TPSA) is 17.1 Å². The zero-order chi connectivity index (χ0) is 18.6. The van der Waals surface area contributed by atoms with E-state index < -0.39 is 0 Å². The highest BCUT2D eigenvalue weighted by Crippen LogP contribution is 2.49. The normalized spacial score (nSPS) is 16.6. The summed E-state index contributed by atoms with van der Waals surface area (Å²) in [5.74, 6) is 0.0769. The molecule has 0 radical (unpaired) electrons. The molecule has 0 aliphatic heterocycles. The van der Waals surface area contributed by atoms with Crippen molar-refractivity contribution < 1.29 is 4.79 Å². The van der Waals surface area contributed by atoms with Gasteiger partial charge in [0.15, 0.2) is 5.78 Å². The average molecular weight is 348 g/mol. The molecular weight excluding hydrogens is 328 g/mol. The summed E-state index contributed by atoms with van der Waals surface area (Å²) >= 11 is 0. The predicted octanol–water partition coefficient (Wildman–Crippen LogP) is 5.88. The van der Waals surface area contributed by atoms with E-state index in [1.807, 2.05) is 18.2 Å². The van der Waals surface area contributed by atoms with Crippen LogP contribution >= 0.6 is 0 Å². The molecule has 0 aromatic heterocycles. The number of carbonyl (C=O) groups is 1. The van der Waals surface area contributed by atoms with Crippen LogP contribution in [0.25, 0.3) is 17.2 Å². The van der Waals surface area contributed by atoms with Crippen LogP contribution in [0.4, 0.5) is 0 Å². The lowest BCUT2D eigenvalue weighted by Gasteiger charge is -2.37. The first-order valence-electron chi connectivity index (χ1n) is 9.35. The Bertz CT molecular complexity index is 1110. The predicted molar refractivity (Wildman–Crippen MR) is 111 cm³/mol. The molecule has 0 heterocycles. The van der Waals surface area contributed by atoms with Crippen molar-refractivity contribution in [3.05, 3.63) is 112 Å². The summed E-state index contributed by atoms with van der Waals surface area (Å²) in [6.07, 6.45) is 3.63. The van der Waals surface area contributed by atoms with Crippen LogP contribution in [-0.2, 0) is 10.2 Å². The zero-order valence-electron chi connectivity index (χ0n) is 15.5. The summed E-state index contributed by atoms with van der Waals surface area (Å²) in [5.41, 5.74) is 8.74. The smallest absolute Gasteiger partial charge is 0.187 e. The second kappa shape index (κ2) is 5.65. The number of hydrogen-bond acceptors (Lipinski definition) is 1. The first kappa shape index (κ1) is 16.0. The second-order valence-corrected chi connectivity index (χ2v) is 7.75. The summed E-state index contributed by atoms with van der Waals surface area (Å²) in [6.45, 7) is 4.53. The molecule has 0 saturated carbocycles. The molecule has 27 heavy (non-hydrogen) atoms. The molecule has 0 amide bonds. The molecule has 0 saturated heterocycles. The number of ketones is 1. The molecular formula is C26H20O. The largest absolute Gasteiger partial charge is 0.289 e.